The first-order chi connectivity index (χ1) is 13.6. The number of hydrogen-bond donors (Lipinski definition) is 1. The molecule has 0 aliphatic heterocycles. The lowest BCUT2D eigenvalue weighted by Gasteiger charge is -2.14. The quantitative estimate of drug-likeness (QED) is 0.403. The fourth-order valence-electron chi connectivity index (χ4n) is 2.65. The van der Waals surface area contributed by atoms with E-state index in [1.165, 1.54) is 11.8 Å². The molecule has 0 spiro atoms. The van der Waals surface area contributed by atoms with Crippen molar-refractivity contribution >= 4 is 35.0 Å². The lowest BCUT2D eigenvalue weighted by Crippen LogP contribution is -2.02. The van der Waals surface area contributed by atoms with Gasteiger partial charge in [0.25, 0.3) is 0 Å². The number of aliphatic hydroxyl groups is 1. The van der Waals surface area contributed by atoms with Crippen molar-refractivity contribution in [2.75, 3.05) is 26.6 Å². The lowest BCUT2D eigenvalue weighted by molar-refractivity contribution is 0.296. The Morgan fingerprint density at radius 1 is 1.04 bits per heavy atom. The standard InChI is InChI=1S/C19H19Cl2N3O3S/c1-26-16-6-4-12(20)10-14(16)18-22-23-19(28-9-3-8-25)24(18)13-5-7-17(27-2)15(21)11-13/h4-7,10-11,25H,3,8-9H2,1-2H3. The van der Waals surface area contributed by atoms with Crippen molar-refractivity contribution in [1.82, 2.24) is 14.8 Å². The molecule has 6 nitrogen and oxygen atoms in total. The molecule has 0 fully saturated rings. The Balaban J connectivity index is 2.16. The number of aromatic nitrogens is 3. The Morgan fingerprint density at radius 2 is 1.79 bits per heavy atom. The number of nitrogens with zero attached hydrogens (tertiary/aromatic N) is 3. The summed E-state index contributed by atoms with van der Waals surface area (Å²) in [6, 6.07) is 10.8. The summed E-state index contributed by atoms with van der Waals surface area (Å²) >= 11 is 14.1. The summed E-state index contributed by atoms with van der Waals surface area (Å²) in [6.07, 6.45) is 0.650. The zero-order valence-electron chi connectivity index (χ0n) is 15.4. The summed E-state index contributed by atoms with van der Waals surface area (Å²) in [6.45, 7) is 0.116. The van der Waals surface area contributed by atoms with Crippen LogP contribution in [0, 0.1) is 0 Å². The topological polar surface area (TPSA) is 69.4 Å². The molecule has 0 amide bonds. The van der Waals surface area contributed by atoms with Crippen LogP contribution in [0.4, 0.5) is 0 Å². The van der Waals surface area contributed by atoms with E-state index in [1.807, 2.05) is 10.6 Å². The molecule has 3 aromatic rings. The molecule has 0 saturated heterocycles. The van der Waals surface area contributed by atoms with Gasteiger partial charge in [0.1, 0.15) is 11.5 Å². The minimum Gasteiger partial charge on any atom is -0.496 e. The average molecular weight is 440 g/mol. The van der Waals surface area contributed by atoms with Gasteiger partial charge in [-0.05, 0) is 42.8 Å². The second-order valence-electron chi connectivity index (χ2n) is 5.73. The Bertz CT molecular complexity index is 966. The Kier molecular flexibility index (Phi) is 7.07. The molecule has 0 atom stereocenters. The zero-order chi connectivity index (χ0) is 20.1. The molecule has 28 heavy (non-hydrogen) atoms. The third kappa shape index (κ3) is 4.38. The van der Waals surface area contributed by atoms with Gasteiger partial charge in [0, 0.05) is 17.4 Å². The smallest absolute Gasteiger partial charge is 0.196 e. The second kappa shape index (κ2) is 9.52. The first kappa shape index (κ1) is 20.8. The van der Waals surface area contributed by atoms with E-state index in [4.69, 9.17) is 37.8 Å². The number of hydrogen-bond acceptors (Lipinski definition) is 6. The van der Waals surface area contributed by atoms with Crippen LogP contribution in [0.25, 0.3) is 17.1 Å². The summed E-state index contributed by atoms with van der Waals surface area (Å²) < 4.78 is 12.6. The van der Waals surface area contributed by atoms with E-state index in [1.54, 1.807) is 44.6 Å². The maximum atomic E-state index is 9.09. The predicted octanol–water partition coefficient (Wildman–Crippen LogP) is 4.73. The molecule has 148 valence electrons. The monoisotopic (exact) mass is 439 g/mol. The molecule has 3 rings (SSSR count). The van der Waals surface area contributed by atoms with Gasteiger partial charge in [-0.1, -0.05) is 35.0 Å². The highest BCUT2D eigenvalue weighted by Gasteiger charge is 2.20. The van der Waals surface area contributed by atoms with Crippen molar-refractivity contribution in [3.63, 3.8) is 0 Å². The summed E-state index contributed by atoms with van der Waals surface area (Å²) in [5.74, 6) is 2.48. The summed E-state index contributed by atoms with van der Waals surface area (Å²) in [5, 5.41) is 19.5. The van der Waals surface area contributed by atoms with Crippen LogP contribution in [-0.2, 0) is 0 Å². The van der Waals surface area contributed by atoms with Gasteiger partial charge in [0.05, 0.1) is 30.5 Å². The van der Waals surface area contributed by atoms with Gasteiger partial charge in [-0.15, -0.1) is 10.2 Å². The van der Waals surface area contributed by atoms with Crippen LogP contribution in [0.2, 0.25) is 10.0 Å². The van der Waals surface area contributed by atoms with Crippen molar-refractivity contribution in [2.24, 2.45) is 0 Å². The van der Waals surface area contributed by atoms with Crippen LogP contribution in [0.5, 0.6) is 11.5 Å². The average Bonchev–Trinajstić information content (AvgIpc) is 3.11. The summed E-state index contributed by atoms with van der Waals surface area (Å²) in [5.41, 5.74) is 1.49. The highest BCUT2D eigenvalue weighted by Crippen LogP contribution is 2.36. The normalized spacial score (nSPS) is 10.9. The number of halogens is 2. The third-order valence-electron chi connectivity index (χ3n) is 3.96. The number of benzene rings is 2. The van der Waals surface area contributed by atoms with Crippen LogP contribution in [0.1, 0.15) is 6.42 Å². The molecule has 9 heteroatoms. The van der Waals surface area contributed by atoms with Crippen molar-refractivity contribution < 1.29 is 14.6 Å². The van der Waals surface area contributed by atoms with Crippen molar-refractivity contribution in [2.45, 2.75) is 11.6 Å². The van der Waals surface area contributed by atoms with Gasteiger partial charge >= 0.3 is 0 Å². The first-order valence-electron chi connectivity index (χ1n) is 8.46. The van der Waals surface area contributed by atoms with Crippen LogP contribution in [0.3, 0.4) is 0 Å². The van der Waals surface area contributed by atoms with Crippen LogP contribution < -0.4 is 9.47 Å². The van der Waals surface area contributed by atoms with E-state index in [2.05, 4.69) is 10.2 Å². The molecular formula is C19H19Cl2N3O3S. The molecule has 0 unspecified atom stereocenters. The zero-order valence-corrected chi connectivity index (χ0v) is 17.7. The number of aliphatic hydroxyl groups excluding tert-OH is 1. The van der Waals surface area contributed by atoms with E-state index in [0.29, 0.717) is 50.3 Å². The number of methoxy groups -OCH3 is 2. The molecule has 0 aliphatic rings. The van der Waals surface area contributed by atoms with E-state index >= 15 is 0 Å². The highest BCUT2D eigenvalue weighted by atomic mass is 35.5. The first-order valence-corrected chi connectivity index (χ1v) is 10.2. The molecule has 2 aromatic carbocycles. The van der Waals surface area contributed by atoms with Crippen LogP contribution in [-0.4, -0.2) is 46.5 Å². The van der Waals surface area contributed by atoms with E-state index in [9.17, 15) is 0 Å². The fourth-order valence-corrected chi connectivity index (χ4v) is 3.95. The SMILES string of the molecule is COc1ccc(-n2c(SCCCO)nnc2-c2cc(Cl)ccc2OC)cc1Cl. The summed E-state index contributed by atoms with van der Waals surface area (Å²) in [7, 11) is 3.16. The fraction of sp³-hybridized carbons (Fsp3) is 0.263. The van der Waals surface area contributed by atoms with Gasteiger partial charge in [0.15, 0.2) is 11.0 Å². The number of ether oxygens (including phenoxy) is 2. The van der Waals surface area contributed by atoms with E-state index in [-0.39, 0.29) is 6.61 Å². The largest absolute Gasteiger partial charge is 0.496 e. The maximum absolute atomic E-state index is 9.09. The second-order valence-corrected chi connectivity index (χ2v) is 7.64. The highest BCUT2D eigenvalue weighted by molar-refractivity contribution is 7.99. The summed E-state index contributed by atoms with van der Waals surface area (Å²) in [4.78, 5) is 0. The molecule has 0 radical (unpaired) electrons. The Morgan fingerprint density at radius 3 is 2.46 bits per heavy atom. The van der Waals surface area contributed by atoms with Crippen molar-refractivity contribution in [1.29, 1.82) is 0 Å². The molecule has 1 N–H and O–H groups in total. The van der Waals surface area contributed by atoms with Gasteiger partial charge in [0.2, 0.25) is 0 Å². The lowest BCUT2D eigenvalue weighted by atomic mass is 10.2. The van der Waals surface area contributed by atoms with E-state index < -0.39 is 0 Å². The number of rotatable bonds is 8. The van der Waals surface area contributed by atoms with Gasteiger partial charge in [-0.25, -0.2) is 0 Å². The van der Waals surface area contributed by atoms with Crippen molar-refractivity contribution in [3.8, 4) is 28.6 Å². The molecule has 0 aliphatic carbocycles. The maximum Gasteiger partial charge on any atom is 0.196 e. The molecular weight excluding hydrogens is 421 g/mol. The Hall–Kier alpha value is -1.93. The Labute approximate surface area is 177 Å². The predicted molar refractivity (Wildman–Crippen MR) is 112 cm³/mol. The van der Waals surface area contributed by atoms with Crippen LogP contribution in [0.15, 0.2) is 41.6 Å². The molecule has 1 aromatic heterocycles. The minimum absolute atomic E-state index is 0.116. The molecule has 1 heterocycles. The van der Waals surface area contributed by atoms with Crippen molar-refractivity contribution in [3.05, 3.63) is 46.4 Å². The third-order valence-corrected chi connectivity index (χ3v) is 5.51. The van der Waals surface area contributed by atoms with Gasteiger partial charge in [-0.3, -0.25) is 4.57 Å². The minimum atomic E-state index is 0.116. The van der Waals surface area contributed by atoms with Gasteiger partial charge in [-0.2, -0.15) is 0 Å². The molecule has 0 saturated carbocycles. The van der Waals surface area contributed by atoms with E-state index in [0.717, 1.165) is 5.69 Å². The number of thioether (sulfide) groups is 1. The molecule has 0 bridgehead atoms. The van der Waals surface area contributed by atoms with Crippen LogP contribution >= 0.6 is 35.0 Å². The van der Waals surface area contributed by atoms with Gasteiger partial charge < -0.3 is 14.6 Å².